The van der Waals surface area contributed by atoms with E-state index in [1.54, 1.807) is 30.1 Å². The highest BCUT2D eigenvalue weighted by Crippen LogP contribution is 2.21. The van der Waals surface area contributed by atoms with Gasteiger partial charge in [-0.2, -0.15) is 4.72 Å². The second-order valence-corrected chi connectivity index (χ2v) is 10.6. The van der Waals surface area contributed by atoms with Crippen molar-refractivity contribution in [3.63, 3.8) is 0 Å². The third-order valence-electron chi connectivity index (χ3n) is 5.66. The molecule has 0 fully saturated rings. The van der Waals surface area contributed by atoms with Crippen molar-refractivity contribution in [3.05, 3.63) is 90.1 Å². The zero-order valence-corrected chi connectivity index (χ0v) is 21.3. The molecule has 0 unspecified atom stereocenters. The van der Waals surface area contributed by atoms with E-state index in [0.717, 1.165) is 21.4 Å². The van der Waals surface area contributed by atoms with Crippen LogP contribution in [0.5, 0.6) is 0 Å². The number of aromatic nitrogens is 1. The van der Waals surface area contributed by atoms with Crippen LogP contribution in [-0.4, -0.2) is 44.7 Å². The van der Waals surface area contributed by atoms with E-state index in [9.17, 15) is 18.0 Å². The standard InChI is InChI=1S/C26H25N3O5S2/c1-34-26(31)24(15-18-16-27-23-6-4-3-5-22(18)23)29-36(32,33)21-13-9-19(10-14-21)28-25(30)17-7-11-20(35-2)12-8-17/h3-14,16,24,27,29H,15H2,1-2H3,(H,28,30)/t24-/m1/s1. The summed E-state index contributed by atoms with van der Waals surface area (Å²) in [6, 6.07) is 19.3. The molecule has 0 aliphatic carbocycles. The van der Waals surface area contributed by atoms with Gasteiger partial charge in [-0.15, -0.1) is 11.8 Å². The zero-order chi connectivity index (χ0) is 25.7. The first-order chi connectivity index (χ1) is 17.3. The Hall–Kier alpha value is -3.60. The predicted molar refractivity (Wildman–Crippen MR) is 141 cm³/mol. The van der Waals surface area contributed by atoms with Crippen molar-refractivity contribution in [2.75, 3.05) is 18.7 Å². The van der Waals surface area contributed by atoms with Gasteiger partial charge in [-0.1, -0.05) is 18.2 Å². The minimum absolute atomic E-state index is 0.0438. The summed E-state index contributed by atoms with van der Waals surface area (Å²) in [5.41, 5.74) is 2.60. The number of para-hydroxylation sites is 1. The average molecular weight is 524 g/mol. The molecule has 1 heterocycles. The number of hydrogen-bond donors (Lipinski definition) is 3. The van der Waals surface area contributed by atoms with Crippen molar-refractivity contribution in [2.24, 2.45) is 0 Å². The number of ether oxygens (including phenoxy) is 1. The first kappa shape index (κ1) is 25.5. The van der Waals surface area contributed by atoms with Gasteiger partial charge in [-0.25, -0.2) is 8.42 Å². The van der Waals surface area contributed by atoms with Gasteiger partial charge in [0, 0.05) is 39.7 Å². The minimum atomic E-state index is -4.05. The van der Waals surface area contributed by atoms with Crippen LogP contribution >= 0.6 is 11.8 Å². The molecule has 10 heteroatoms. The highest BCUT2D eigenvalue weighted by atomic mass is 32.2. The highest BCUT2D eigenvalue weighted by Gasteiger charge is 2.27. The lowest BCUT2D eigenvalue weighted by Crippen LogP contribution is -2.42. The maximum atomic E-state index is 13.1. The Labute approximate surface area is 213 Å². The molecular weight excluding hydrogens is 498 g/mol. The van der Waals surface area contributed by atoms with Gasteiger partial charge < -0.3 is 15.0 Å². The van der Waals surface area contributed by atoms with Gasteiger partial charge in [0.1, 0.15) is 6.04 Å². The fourth-order valence-electron chi connectivity index (χ4n) is 3.75. The van der Waals surface area contributed by atoms with Gasteiger partial charge in [0.25, 0.3) is 5.91 Å². The van der Waals surface area contributed by atoms with Crippen LogP contribution in [0.1, 0.15) is 15.9 Å². The maximum absolute atomic E-state index is 13.1. The van der Waals surface area contributed by atoms with E-state index >= 15 is 0 Å². The molecule has 3 N–H and O–H groups in total. The monoisotopic (exact) mass is 523 g/mol. The molecule has 0 spiro atoms. The van der Waals surface area contributed by atoms with Gasteiger partial charge >= 0.3 is 5.97 Å². The number of amides is 1. The molecule has 186 valence electrons. The first-order valence-electron chi connectivity index (χ1n) is 11.0. The van der Waals surface area contributed by atoms with Crippen LogP contribution in [0.15, 0.2) is 88.8 Å². The summed E-state index contributed by atoms with van der Waals surface area (Å²) in [4.78, 5) is 29.0. The molecule has 3 aromatic carbocycles. The lowest BCUT2D eigenvalue weighted by molar-refractivity contribution is -0.142. The SMILES string of the molecule is COC(=O)[C@@H](Cc1c[nH]c2ccccc12)NS(=O)(=O)c1ccc(NC(=O)c2ccc(SC)cc2)cc1. The number of thioether (sulfide) groups is 1. The molecule has 1 atom stereocenters. The second-order valence-electron chi connectivity index (χ2n) is 7.97. The quantitative estimate of drug-likeness (QED) is 0.224. The molecule has 0 aliphatic heterocycles. The van der Waals surface area contributed by atoms with Crippen LogP contribution in [0, 0.1) is 0 Å². The number of hydrogen-bond acceptors (Lipinski definition) is 6. The summed E-state index contributed by atoms with van der Waals surface area (Å²) in [6.45, 7) is 0. The molecule has 4 aromatic rings. The number of benzene rings is 3. The number of esters is 1. The van der Waals surface area contributed by atoms with E-state index in [4.69, 9.17) is 4.74 Å². The number of aromatic amines is 1. The topological polar surface area (TPSA) is 117 Å². The Bertz CT molecular complexity index is 1480. The van der Waals surface area contributed by atoms with E-state index in [0.29, 0.717) is 11.3 Å². The lowest BCUT2D eigenvalue weighted by atomic mass is 10.1. The molecule has 0 saturated carbocycles. The first-order valence-corrected chi connectivity index (χ1v) is 13.7. The summed E-state index contributed by atoms with van der Waals surface area (Å²) in [5, 5.41) is 3.65. The van der Waals surface area contributed by atoms with Crippen LogP contribution in [0.3, 0.4) is 0 Å². The van der Waals surface area contributed by atoms with Gasteiger partial charge in [-0.05, 0) is 66.4 Å². The Morgan fingerprint density at radius 1 is 1.00 bits per heavy atom. The van der Waals surface area contributed by atoms with Crippen LogP contribution < -0.4 is 10.0 Å². The number of H-pyrrole nitrogens is 1. The molecule has 0 saturated heterocycles. The van der Waals surface area contributed by atoms with E-state index in [-0.39, 0.29) is 17.2 Å². The number of fused-ring (bicyclic) bond motifs is 1. The van der Waals surface area contributed by atoms with Crippen molar-refractivity contribution in [3.8, 4) is 0 Å². The molecular formula is C26H25N3O5S2. The third-order valence-corrected chi connectivity index (χ3v) is 7.89. The number of carbonyl (C=O) groups is 2. The number of sulfonamides is 1. The predicted octanol–water partition coefficient (Wildman–Crippen LogP) is 4.20. The number of methoxy groups -OCH3 is 1. The highest BCUT2D eigenvalue weighted by molar-refractivity contribution is 7.98. The van der Waals surface area contributed by atoms with Gasteiger partial charge in [-0.3, -0.25) is 9.59 Å². The summed E-state index contributed by atoms with van der Waals surface area (Å²) in [6.07, 6.45) is 3.82. The normalized spacial score (nSPS) is 12.3. The number of carbonyl (C=O) groups excluding carboxylic acids is 2. The van der Waals surface area contributed by atoms with Gasteiger partial charge in [0.05, 0.1) is 12.0 Å². The van der Waals surface area contributed by atoms with Crippen molar-refractivity contribution in [2.45, 2.75) is 22.3 Å². The van der Waals surface area contributed by atoms with Gasteiger partial charge in [0.2, 0.25) is 10.0 Å². The summed E-state index contributed by atoms with van der Waals surface area (Å²) < 4.78 is 33.4. The second kappa shape index (κ2) is 11.0. The summed E-state index contributed by atoms with van der Waals surface area (Å²) >= 11 is 1.58. The van der Waals surface area contributed by atoms with Crippen LogP contribution in [-0.2, 0) is 26.0 Å². The van der Waals surface area contributed by atoms with E-state index < -0.39 is 22.0 Å². The van der Waals surface area contributed by atoms with Crippen molar-refractivity contribution < 1.29 is 22.7 Å². The molecule has 0 radical (unpaired) electrons. The Morgan fingerprint density at radius 2 is 1.69 bits per heavy atom. The van der Waals surface area contributed by atoms with Crippen LogP contribution in [0.25, 0.3) is 10.9 Å². The molecule has 1 aromatic heterocycles. The smallest absolute Gasteiger partial charge is 0.324 e. The maximum Gasteiger partial charge on any atom is 0.324 e. The van der Waals surface area contributed by atoms with Crippen molar-refractivity contribution in [1.29, 1.82) is 0 Å². The molecule has 0 bridgehead atoms. The lowest BCUT2D eigenvalue weighted by Gasteiger charge is -2.17. The minimum Gasteiger partial charge on any atom is -0.468 e. The Kier molecular flexibility index (Phi) is 7.78. The zero-order valence-electron chi connectivity index (χ0n) is 19.6. The van der Waals surface area contributed by atoms with E-state index in [1.165, 1.54) is 31.4 Å². The third kappa shape index (κ3) is 5.78. The number of nitrogens with one attached hydrogen (secondary N) is 3. The molecule has 0 aliphatic rings. The van der Waals surface area contributed by atoms with Crippen LogP contribution in [0.2, 0.25) is 0 Å². The number of anilines is 1. The van der Waals surface area contributed by atoms with Gasteiger partial charge in [0.15, 0.2) is 0 Å². The molecule has 1 amide bonds. The summed E-state index contributed by atoms with van der Waals surface area (Å²) in [5.74, 6) is -0.999. The molecule has 4 rings (SSSR count). The largest absolute Gasteiger partial charge is 0.468 e. The Morgan fingerprint density at radius 3 is 2.36 bits per heavy atom. The molecule has 36 heavy (non-hydrogen) atoms. The Balaban J connectivity index is 1.48. The fraction of sp³-hybridized carbons (Fsp3) is 0.154. The average Bonchev–Trinajstić information content (AvgIpc) is 3.30. The molecule has 8 nitrogen and oxygen atoms in total. The summed E-state index contributed by atoms with van der Waals surface area (Å²) in [7, 11) is -2.84. The van der Waals surface area contributed by atoms with E-state index in [1.807, 2.05) is 42.7 Å². The number of rotatable bonds is 9. The van der Waals surface area contributed by atoms with Crippen molar-refractivity contribution >= 4 is 50.3 Å². The fourth-order valence-corrected chi connectivity index (χ4v) is 5.35. The van der Waals surface area contributed by atoms with Crippen molar-refractivity contribution in [1.82, 2.24) is 9.71 Å². The van der Waals surface area contributed by atoms with E-state index in [2.05, 4.69) is 15.0 Å². The van der Waals surface area contributed by atoms with Crippen LogP contribution in [0.4, 0.5) is 5.69 Å².